The van der Waals surface area contributed by atoms with Gasteiger partial charge in [-0.2, -0.15) is 0 Å². The van der Waals surface area contributed by atoms with Crippen molar-refractivity contribution in [2.75, 3.05) is 6.61 Å². The van der Waals surface area contributed by atoms with E-state index in [-0.39, 0.29) is 36.4 Å². The van der Waals surface area contributed by atoms with Gasteiger partial charge in [0.1, 0.15) is 5.60 Å². The van der Waals surface area contributed by atoms with Crippen molar-refractivity contribution in [2.24, 2.45) is 28.6 Å². The number of halogens is 1. The topological polar surface area (TPSA) is 101 Å². The van der Waals surface area contributed by atoms with E-state index >= 15 is 0 Å². The number of carbonyl (C=O) groups excluding carboxylic acids is 3. The van der Waals surface area contributed by atoms with E-state index in [1.807, 2.05) is 26.8 Å². The largest absolute Gasteiger partial charge is 0.458 e. The Kier molecular flexibility index (Phi) is 5.55. The second-order valence-electron chi connectivity index (χ2n) is 10.6. The highest BCUT2D eigenvalue weighted by Gasteiger charge is 2.74. The molecule has 0 heterocycles. The fourth-order valence-electron chi connectivity index (χ4n) is 7.50. The summed E-state index contributed by atoms with van der Waals surface area (Å²) in [5.41, 5.74) is -2.38. The van der Waals surface area contributed by atoms with E-state index < -0.39 is 45.8 Å². The number of allylic oxidation sites excluding steroid dienone is 4. The van der Waals surface area contributed by atoms with Crippen LogP contribution in [-0.4, -0.2) is 50.9 Å². The van der Waals surface area contributed by atoms with Gasteiger partial charge in [0.2, 0.25) is 5.78 Å². The molecule has 7 heteroatoms. The molecule has 0 spiro atoms. The molecule has 4 aliphatic rings. The van der Waals surface area contributed by atoms with Crippen LogP contribution < -0.4 is 0 Å². The van der Waals surface area contributed by atoms with Crippen molar-refractivity contribution >= 4 is 29.1 Å². The van der Waals surface area contributed by atoms with Gasteiger partial charge >= 0.3 is 5.97 Å². The molecule has 2 N–H and O–H groups in total. The first-order chi connectivity index (χ1) is 14.9. The highest BCUT2D eigenvalue weighted by Crippen LogP contribution is 2.71. The fourth-order valence-corrected chi connectivity index (χ4v) is 8.02. The maximum Gasteiger partial charge on any atom is 0.305 e. The van der Waals surface area contributed by atoms with E-state index in [0.29, 0.717) is 19.3 Å². The van der Waals surface area contributed by atoms with Crippen LogP contribution in [0.2, 0.25) is 0 Å². The number of esters is 1. The summed E-state index contributed by atoms with van der Waals surface area (Å²) in [6.07, 6.45) is 6.24. The second kappa shape index (κ2) is 7.51. The lowest BCUT2D eigenvalue weighted by atomic mass is 9.45. The molecule has 0 aromatic heterocycles. The molecule has 0 amide bonds. The molecule has 176 valence electrons. The molecule has 0 unspecified atom stereocenters. The standard InChI is InChI=1S/C25H33ClO6/c1-5-21(30)32-13-20(29)25(31)14(2)10-18-17-7-6-15-11-16(27)8-9-22(15,3)24(17,26)19(28)12-23(18,25)4/h8-9,11,14,17-19,28,31H,5-7,10,12-13H2,1-4H3/t14-,17-,18-,19-,22-,23-,24-,25-/m1/s1. The van der Waals surface area contributed by atoms with E-state index in [1.165, 1.54) is 6.08 Å². The molecule has 3 fully saturated rings. The average Bonchev–Trinajstić information content (AvgIpc) is 2.94. The highest BCUT2D eigenvalue weighted by atomic mass is 35.5. The number of aliphatic hydroxyl groups excluding tert-OH is 1. The summed E-state index contributed by atoms with van der Waals surface area (Å²) < 4.78 is 5.07. The summed E-state index contributed by atoms with van der Waals surface area (Å²) in [5, 5.41) is 23.3. The average molecular weight is 465 g/mol. The van der Waals surface area contributed by atoms with Crippen molar-refractivity contribution in [3.63, 3.8) is 0 Å². The molecule has 8 atom stereocenters. The Morgan fingerprint density at radius 1 is 1.28 bits per heavy atom. The summed E-state index contributed by atoms with van der Waals surface area (Å²) in [7, 11) is 0. The predicted octanol–water partition coefficient (Wildman–Crippen LogP) is 3.13. The van der Waals surface area contributed by atoms with Crippen molar-refractivity contribution in [2.45, 2.75) is 76.4 Å². The minimum atomic E-state index is -1.72. The number of ketones is 2. The number of carbonyl (C=O) groups is 3. The van der Waals surface area contributed by atoms with E-state index in [9.17, 15) is 24.6 Å². The Bertz CT molecular complexity index is 925. The minimum absolute atomic E-state index is 0.0672. The van der Waals surface area contributed by atoms with Gasteiger partial charge in [-0.05, 0) is 55.6 Å². The molecular weight excluding hydrogens is 432 g/mol. The van der Waals surface area contributed by atoms with Gasteiger partial charge in [-0.25, -0.2) is 0 Å². The number of aliphatic hydroxyl groups is 2. The number of hydrogen-bond acceptors (Lipinski definition) is 6. The summed E-state index contributed by atoms with van der Waals surface area (Å²) >= 11 is 7.37. The molecule has 32 heavy (non-hydrogen) atoms. The van der Waals surface area contributed by atoms with E-state index in [1.54, 1.807) is 13.0 Å². The minimum Gasteiger partial charge on any atom is -0.458 e. The van der Waals surface area contributed by atoms with Crippen molar-refractivity contribution in [3.05, 3.63) is 23.8 Å². The molecule has 0 saturated heterocycles. The Morgan fingerprint density at radius 2 is 1.97 bits per heavy atom. The van der Waals surface area contributed by atoms with Crippen LogP contribution >= 0.6 is 11.6 Å². The summed E-state index contributed by atoms with van der Waals surface area (Å²) in [6.45, 7) is 6.87. The third-order valence-electron chi connectivity index (χ3n) is 9.30. The summed E-state index contributed by atoms with van der Waals surface area (Å²) in [6, 6.07) is 0. The lowest BCUT2D eigenvalue weighted by molar-refractivity contribution is -0.182. The predicted molar refractivity (Wildman–Crippen MR) is 119 cm³/mol. The molecule has 3 saturated carbocycles. The zero-order valence-corrected chi connectivity index (χ0v) is 19.9. The van der Waals surface area contributed by atoms with E-state index in [4.69, 9.17) is 16.3 Å². The Hall–Kier alpha value is -1.50. The van der Waals surface area contributed by atoms with Gasteiger partial charge in [0.05, 0.1) is 11.0 Å². The number of alkyl halides is 1. The number of fused-ring (bicyclic) bond motifs is 5. The zero-order chi connectivity index (χ0) is 23.7. The van der Waals surface area contributed by atoms with Gasteiger partial charge in [-0.15, -0.1) is 11.6 Å². The van der Waals surface area contributed by atoms with Gasteiger partial charge < -0.3 is 14.9 Å². The smallest absolute Gasteiger partial charge is 0.305 e. The Balaban J connectivity index is 1.73. The molecule has 0 aromatic rings. The first-order valence-corrected chi connectivity index (χ1v) is 12.0. The number of Topliss-reactive ketones (excluding diaryl/α,β-unsaturated/α-hetero) is 1. The molecule has 4 aliphatic carbocycles. The number of rotatable bonds is 4. The maximum absolute atomic E-state index is 13.2. The van der Waals surface area contributed by atoms with Crippen molar-refractivity contribution in [3.8, 4) is 0 Å². The Labute approximate surface area is 194 Å². The third-order valence-corrected chi connectivity index (χ3v) is 10.2. The molecule has 0 radical (unpaired) electrons. The number of ether oxygens (including phenoxy) is 1. The first kappa shape index (κ1) is 23.7. The van der Waals surface area contributed by atoms with Crippen LogP contribution in [0.15, 0.2) is 23.8 Å². The molecule has 0 aromatic carbocycles. The molecule has 4 rings (SSSR count). The Morgan fingerprint density at radius 3 is 2.62 bits per heavy atom. The monoisotopic (exact) mass is 464 g/mol. The molecular formula is C25H33ClO6. The van der Waals surface area contributed by atoms with Crippen LogP contribution in [0.4, 0.5) is 0 Å². The molecule has 0 aliphatic heterocycles. The SMILES string of the molecule is CCC(=O)OCC(=O)[C@]1(O)[C@H](C)C[C@@H]2[C@H]3CCC4=CC(=O)C=C[C@@]4(C)[C@]3(Cl)[C@H](O)C[C@]21C. The number of hydrogen-bond donors (Lipinski definition) is 2. The van der Waals surface area contributed by atoms with Crippen molar-refractivity contribution < 1.29 is 29.3 Å². The van der Waals surface area contributed by atoms with Crippen LogP contribution in [0.3, 0.4) is 0 Å². The van der Waals surface area contributed by atoms with Crippen molar-refractivity contribution in [1.82, 2.24) is 0 Å². The van der Waals surface area contributed by atoms with Crippen LogP contribution in [0.25, 0.3) is 0 Å². The van der Waals surface area contributed by atoms with Gasteiger partial charge in [0.25, 0.3) is 0 Å². The fraction of sp³-hybridized carbons (Fsp3) is 0.720. The van der Waals surface area contributed by atoms with Gasteiger partial charge in [-0.1, -0.05) is 39.3 Å². The lowest BCUT2D eigenvalue weighted by Crippen LogP contribution is -2.69. The van der Waals surface area contributed by atoms with Crippen LogP contribution in [0.5, 0.6) is 0 Å². The second-order valence-corrected chi connectivity index (χ2v) is 11.2. The van der Waals surface area contributed by atoms with Gasteiger partial charge in [-0.3, -0.25) is 14.4 Å². The normalized spacial score (nSPS) is 47.2. The summed E-state index contributed by atoms with van der Waals surface area (Å²) in [4.78, 5) is 35.8. The maximum atomic E-state index is 13.2. The quantitative estimate of drug-likeness (QED) is 0.489. The summed E-state index contributed by atoms with van der Waals surface area (Å²) in [5.74, 6) is -1.70. The van der Waals surface area contributed by atoms with E-state index in [2.05, 4.69) is 0 Å². The van der Waals surface area contributed by atoms with Gasteiger partial charge in [0.15, 0.2) is 12.4 Å². The van der Waals surface area contributed by atoms with Crippen LogP contribution in [-0.2, 0) is 19.1 Å². The molecule has 0 bridgehead atoms. The van der Waals surface area contributed by atoms with Gasteiger partial charge in [0, 0.05) is 17.3 Å². The third kappa shape index (κ3) is 2.82. The zero-order valence-electron chi connectivity index (χ0n) is 19.2. The first-order valence-electron chi connectivity index (χ1n) is 11.6. The van der Waals surface area contributed by atoms with Crippen LogP contribution in [0.1, 0.15) is 59.8 Å². The lowest BCUT2D eigenvalue weighted by Gasteiger charge is -2.63. The van der Waals surface area contributed by atoms with Crippen molar-refractivity contribution in [1.29, 1.82) is 0 Å². The highest BCUT2D eigenvalue weighted by molar-refractivity contribution is 6.26. The van der Waals surface area contributed by atoms with E-state index in [0.717, 1.165) is 5.57 Å². The molecule has 6 nitrogen and oxygen atoms in total. The van der Waals surface area contributed by atoms with Crippen LogP contribution in [0, 0.1) is 28.6 Å².